The highest BCUT2D eigenvalue weighted by atomic mass is 19.4. The number of methoxy groups -OCH3 is 1. The maximum absolute atomic E-state index is 12.6. The van der Waals surface area contributed by atoms with Crippen molar-refractivity contribution in [2.45, 2.75) is 13.1 Å². The van der Waals surface area contributed by atoms with Gasteiger partial charge in [-0.3, -0.25) is 0 Å². The van der Waals surface area contributed by atoms with E-state index < -0.39 is 29.0 Å². The van der Waals surface area contributed by atoms with Crippen LogP contribution in [0.4, 0.5) is 13.2 Å². The molecule has 1 aromatic rings. The van der Waals surface area contributed by atoms with Crippen LogP contribution in [0.1, 0.15) is 21.5 Å². The standard InChI is InChI=1S/C10H9F3O3/c1-5-3-6(9(14)15)8(16-2)7(4-5)10(11,12)13/h3-4H,1-2H3,(H,14,15). The molecule has 16 heavy (non-hydrogen) atoms. The molecule has 6 heteroatoms. The summed E-state index contributed by atoms with van der Waals surface area (Å²) < 4.78 is 42.3. The molecule has 0 radical (unpaired) electrons. The first-order valence-electron chi connectivity index (χ1n) is 4.26. The summed E-state index contributed by atoms with van der Waals surface area (Å²) in [5.41, 5.74) is -1.35. The zero-order chi connectivity index (χ0) is 12.5. The van der Waals surface area contributed by atoms with Crippen molar-refractivity contribution >= 4 is 5.97 Å². The van der Waals surface area contributed by atoms with Gasteiger partial charge in [-0.25, -0.2) is 4.79 Å². The normalized spacial score (nSPS) is 11.3. The smallest absolute Gasteiger partial charge is 0.419 e. The Kier molecular flexibility index (Phi) is 3.11. The van der Waals surface area contributed by atoms with Crippen LogP contribution in [0.3, 0.4) is 0 Å². The molecule has 0 aliphatic rings. The fourth-order valence-corrected chi connectivity index (χ4v) is 1.36. The van der Waals surface area contributed by atoms with Crippen molar-refractivity contribution < 1.29 is 27.8 Å². The molecule has 0 heterocycles. The van der Waals surface area contributed by atoms with E-state index in [-0.39, 0.29) is 5.56 Å². The van der Waals surface area contributed by atoms with Crippen molar-refractivity contribution in [2.24, 2.45) is 0 Å². The molecule has 0 aliphatic heterocycles. The van der Waals surface area contributed by atoms with E-state index >= 15 is 0 Å². The molecule has 0 atom stereocenters. The third-order valence-electron chi connectivity index (χ3n) is 1.97. The van der Waals surface area contributed by atoms with E-state index in [0.717, 1.165) is 19.2 Å². The fourth-order valence-electron chi connectivity index (χ4n) is 1.36. The highest BCUT2D eigenvalue weighted by Gasteiger charge is 2.36. The van der Waals surface area contributed by atoms with Crippen LogP contribution in [0.2, 0.25) is 0 Å². The van der Waals surface area contributed by atoms with Gasteiger partial charge in [0, 0.05) is 0 Å². The van der Waals surface area contributed by atoms with E-state index in [9.17, 15) is 18.0 Å². The van der Waals surface area contributed by atoms with Crippen molar-refractivity contribution in [3.63, 3.8) is 0 Å². The van der Waals surface area contributed by atoms with Crippen LogP contribution < -0.4 is 4.74 Å². The maximum atomic E-state index is 12.6. The van der Waals surface area contributed by atoms with E-state index in [2.05, 4.69) is 4.74 Å². The van der Waals surface area contributed by atoms with Gasteiger partial charge >= 0.3 is 12.1 Å². The van der Waals surface area contributed by atoms with Gasteiger partial charge in [-0.15, -0.1) is 0 Å². The second-order valence-electron chi connectivity index (χ2n) is 3.20. The van der Waals surface area contributed by atoms with Crippen molar-refractivity contribution in [1.82, 2.24) is 0 Å². The molecule has 88 valence electrons. The molecule has 3 nitrogen and oxygen atoms in total. The van der Waals surface area contributed by atoms with Gasteiger partial charge in [-0.1, -0.05) is 0 Å². The molecular formula is C10H9F3O3. The third kappa shape index (κ3) is 2.26. The van der Waals surface area contributed by atoms with Crippen molar-refractivity contribution in [3.05, 3.63) is 28.8 Å². The largest absolute Gasteiger partial charge is 0.495 e. The van der Waals surface area contributed by atoms with Gasteiger partial charge in [0.15, 0.2) is 0 Å². The molecule has 1 rings (SSSR count). The lowest BCUT2D eigenvalue weighted by molar-refractivity contribution is -0.138. The summed E-state index contributed by atoms with van der Waals surface area (Å²) in [7, 11) is 1.01. The summed E-state index contributed by atoms with van der Waals surface area (Å²) in [5.74, 6) is -2.11. The topological polar surface area (TPSA) is 46.5 Å². The molecule has 0 spiro atoms. The van der Waals surface area contributed by atoms with Crippen molar-refractivity contribution in [3.8, 4) is 5.75 Å². The lowest BCUT2D eigenvalue weighted by Gasteiger charge is -2.14. The van der Waals surface area contributed by atoms with Gasteiger partial charge in [-0.05, 0) is 24.6 Å². The van der Waals surface area contributed by atoms with E-state index in [4.69, 9.17) is 5.11 Å². The summed E-state index contributed by atoms with van der Waals surface area (Å²) in [4.78, 5) is 10.8. The molecule has 1 aromatic carbocycles. The zero-order valence-corrected chi connectivity index (χ0v) is 8.55. The van der Waals surface area contributed by atoms with E-state index in [0.29, 0.717) is 0 Å². The Morgan fingerprint density at radius 3 is 2.31 bits per heavy atom. The summed E-state index contributed by atoms with van der Waals surface area (Å²) in [5, 5.41) is 8.76. The molecule has 0 amide bonds. The van der Waals surface area contributed by atoms with E-state index in [1.165, 1.54) is 6.92 Å². The minimum atomic E-state index is -4.64. The molecule has 0 saturated heterocycles. The SMILES string of the molecule is COc1c(C(=O)O)cc(C)cc1C(F)(F)F. The summed E-state index contributed by atoms with van der Waals surface area (Å²) >= 11 is 0. The number of ether oxygens (including phenoxy) is 1. The average molecular weight is 234 g/mol. The molecule has 0 fully saturated rings. The number of halogens is 3. The van der Waals surface area contributed by atoms with E-state index in [1.54, 1.807) is 0 Å². The number of alkyl halides is 3. The summed E-state index contributed by atoms with van der Waals surface area (Å²) in [6.07, 6.45) is -4.64. The van der Waals surface area contributed by atoms with Crippen LogP contribution in [-0.2, 0) is 6.18 Å². The predicted octanol–water partition coefficient (Wildman–Crippen LogP) is 2.72. The number of carbonyl (C=O) groups is 1. The molecule has 0 bridgehead atoms. The van der Waals surface area contributed by atoms with Crippen molar-refractivity contribution in [1.29, 1.82) is 0 Å². The lowest BCUT2D eigenvalue weighted by atomic mass is 10.0. The van der Waals surface area contributed by atoms with Crippen LogP contribution in [0.5, 0.6) is 5.75 Å². The minimum Gasteiger partial charge on any atom is -0.495 e. The Morgan fingerprint density at radius 2 is 1.94 bits per heavy atom. The van der Waals surface area contributed by atoms with Gasteiger partial charge in [0.25, 0.3) is 0 Å². The zero-order valence-electron chi connectivity index (χ0n) is 8.55. The average Bonchev–Trinajstić information content (AvgIpc) is 2.14. The molecule has 0 saturated carbocycles. The fraction of sp³-hybridized carbons (Fsp3) is 0.300. The first-order valence-corrected chi connectivity index (χ1v) is 4.26. The minimum absolute atomic E-state index is 0.213. The Bertz CT molecular complexity index is 424. The quantitative estimate of drug-likeness (QED) is 0.855. The van der Waals surface area contributed by atoms with Gasteiger partial charge in [0.2, 0.25) is 0 Å². The molecule has 0 aromatic heterocycles. The summed E-state index contributed by atoms with van der Waals surface area (Å²) in [6.45, 7) is 1.39. The number of carboxylic acids is 1. The number of carboxylic acid groups (broad SMARTS) is 1. The van der Waals surface area contributed by atoms with Gasteiger partial charge in [-0.2, -0.15) is 13.2 Å². The Balaban J connectivity index is 3.55. The number of rotatable bonds is 2. The van der Waals surface area contributed by atoms with Crippen molar-refractivity contribution in [2.75, 3.05) is 7.11 Å². The maximum Gasteiger partial charge on any atom is 0.419 e. The number of hydrogen-bond acceptors (Lipinski definition) is 2. The molecule has 0 aliphatic carbocycles. The summed E-state index contributed by atoms with van der Waals surface area (Å²) in [6, 6.07) is 1.99. The highest BCUT2D eigenvalue weighted by Crippen LogP contribution is 2.38. The van der Waals surface area contributed by atoms with Crippen LogP contribution in [0, 0.1) is 6.92 Å². The Hall–Kier alpha value is -1.72. The number of aryl methyl sites for hydroxylation is 1. The molecule has 0 unspecified atom stereocenters. The number of aromatic carboxylic acids is 1. The van der Waals surface area contributed by atoms with E-state index in [1.807, 2.05) is 0 Å². The Labute approximate surface area is 89.5 Å². The van der Waals surface area contributed by atoms with Gasteiger partial charge in [0.05, 0.1) is 12.7 Å². The van der Waals surface area contributed by atoms with Gasteiger partial charge in [0.1, 0.15) is 11.3 Å². The number of benzene rings is 1. The second-order valence-corrected chi connectivity index (χ2v) is 3.20. The van der Waals surface area contributed by atoms with Crippen LogP contribution in [0.25, 0.3) is 0 Å². The van der Waals surface area contributed by atoms with Gasteiger partial charge < -0.3 is 9.84 Å². The van der Waals surface area contributed by atoms with Crippen LogP contribution >= 0.6 is 0 Å². The van der Waals surface area contributed by atoms with Crippen LogP contribution in [-0.4, -0.2) is 18.2 Å². The monoisotopic (exact) mass is 234 g/mol. The second kappa shape index (κ2) is 4.03. The third-order valence-corrected chi connectivity index (χ3v) is 1.97. The Morgan fingerprint density at radius 1 is 1.38 bits per heavy atom. The lowest BCUT2D eigenvalue weighted by Crippen LogP contribution is -2.12. The number of hydrogen-bond donors (Lipinski definition) is 1. The first kappa shape index (κ1) is 12.4. The first-order chi connectivity index (χ1) is 7.27. The molecule has 1 N–H and O–H groups in total. The van der Waals surface area contributed by atoms with Crippen LogP contribution in [0.15, 0.2) is 12.1 Å². The predicted molar refractivity (Wildman–Crippen MR) is 49.7 cm³/mol. The highest BCUT2D eigenvalue weighted by molar-refractivity contribution is 5.91. The molecular weight excluding hydrogens is 225 g/mol.